The van der Waals surface area contributed by atoms with Crippen molar-refractivity contribution >= 4 is 40.6 Å². The monoisotopic (exact) mass is 937 g/mol. The fourth-order valence-electron chi connectivity index (χ4n) is 12.8. The second-order valence-electron chi connectivity index (χ2n) is 19.0. The summed E-state index contributed by atoms with van der Waals surface area (Å²) in [6.45, 7) is 0. The van der Waals surface area contributed by atoms with Crippen molar-refractivity contribution in [3.63, 3.8) is 0 Å². The molecule has 0 saturated carbocycles. The first-order valence-corrected chi connectivity index (χ1v) is 26.1. The van der Waals surface area contributed by atoms with Gasteiger partial charge < -0.3 is 4.90 Å². The van der Waals surface area contributed by atoms with Crippen LogP contribution in [-0.2, 0) is 10.8 Å². The van der Waals surface area contributed by atoms with E-state index in [0.29, 0.717) is 0 Å². The van der Waals surface area contributed by atoms with Crippen molar-refractivity contribution < 1.29 is 0 Å². The molecule has 11 aromatic carbocycles. The third-order valence-electron chi connectivity index (χ3n) is 15.6. The van der Waals surface area contributed by atoms with E-state index in [4.69, 9.17) is 0 Å². The minimum absolute atomic E-state index is 0.501. The van der Waals surface area contributed by atoms with E-state index in [0.717, 1.165) is 17.1 Å². The predicted molar refractivity (Wildman–Crippen MR) is 295 cm³/mol. The normalized spacial score (nSPS) is 14.3. The van der Waals surface area contributed by atoms with Gasteiger partial charge in [0.05, 0.1) is 16.5 Å². The fourth-order valence-corrected chi connectivity index (χ4v) is 15.2. The summed E-state index contributed by atoms with van der Waals surface area (Å²) in [6, 6.07) is 98.0. The van der Waals surface area contributed by atoms with Crippen molar-refractivity contribution in [3.05, 3.63) is 305 Å². The topological polar surface area (TPSA) is 3.24 Å². The van der Waals surface area contributed by atoms with Crippen LogP contribution in [0.2, 0.25) is 0 Å². The number of nitrogens with zero attached hydrogens (tertiary/aromatic N) is 1. The first-order valence-electron chi connectivity index (χ1n) is 24.5. The molecule has 0 N–H and O–H groups in total. The van der Waals surface area contributed by atoms with E-state index in [2.05, 4.69) is 266 Å². The maximum Gasteiger partial charge on any atom is 0.0736 e. The van der Waals surface area contributed by atoms with Crippen LogP contribution >= 0.6 is 23.5 Å². The van der Waals surface area contributed by atoms with Crippen LogP contribution in [-0.4, -0.2) is 0 Å². The number of anilines is 3. The SMILES string of the molecule is c1ccc(-c2ccc(-c3ccc(N(c4ccc5c(c4)C4(c6ccccc6Sc6ccccc64)c4ccccc4-5)c4cccc5c4-c4ccccc4C54c5ccccc5Sc5ccccc54)cc3)cc2)cc1. The Hall–Kier alpha value is -8.08. The van der Waals surface area contributed by atoms with Crippen molar-refractivity contribution in [2.75, 3.05) is 4.90 Å². The molecule has 0 amide bonds. The maximum absolute atomic E-state index is 2.55. The average Bonchev–Trinajstić information content (AvgIpc) is 3.90. The van der Waals surface area contributed by atoms with Crippen molar-refractivity contribution in [1.29, 1.82) is 0 Å². The third-order valence-corrected chi connectivity index (χ3v) is 17.9. The summed E-state index contributed by atoms with van der Waals surface area (Å²) in [4.78, 5) is 7.77. The van der Waals surface area contributed by atoms with Crippen LogP contribution in [0, 0.1) is 0 Å². The quantitative estimate of drug-likeness (QED) is 0.169. The molecule has 0 fully saturated rings. The standard InChI is InChI=1S/C68H43NS2/c1-2-17-44(18-3-1)45-33-35-46(36-34-45)47-37-39-48(40-38-47)69(49-41-42-51-50-19-4-6-21-53(50)68(60(51)43-49)57-25-10-14-31-64(57)71-65-32-15-11-26-58(65)68)61-28-16-27-59-66(61)52-20-5-7-22-54(52)67(59)55-23-8-12-29-62(55)70-63-30-13-9-24-56(63)67/h1-43H. The van der Waals surface area contributed by atoms with Gasteiger partial charge in [-0.2, -0.15) is 0 Å². The van der Waals surface area contributed by atoms with Gasteiger partial charge in [0.25, 0.3) is 0 Å². The maximum atomic E-state index is 2.55. The fraction of sp³-hybridized carbons (Fsp3) is 0.0294. The summed E-state index contributed by atoms with van der Waals surface area (Å²) in [7, 11) is 0. The predicted octanol–water partition coefficient (Wildman–Crippen LogP) is 18.1. The van der Waals surface area contributed by atoms with E-state index >= 15 is 0 Å². The van der Waals surface area contributed by atoms with E-state index in [9.17, 15) is 0 Å². The minimum Gasteiger partial charge on any atom is -0.310 e. The smallest absolute Gasteiger partial charge is 0.0736 e. The Morgan fingerprint density at radius 1 is 0.254 bits per heavy atom. The largest absolute Gasteiger partial charge is 0.310 e. The van der Waals surface area contributed by atoms with Crippen LogP contribution in [0.3, 0.4) is 0 Å². The summed E-state index contributed by atoms with van der Waals surface area (Å²) in [5.41, 5.74) is 22.9. The molecule has 1 nitrogen and oxygen atoms in total. The van der Waals surface area contributed by atoms with Crippen molar-refractivity contribution in [3.8, 4) is 44.5 Å². The lowest BCUT2D eigenvalue weighted by Gasteiger charge is -2.40. The van der Waals surface area contributed by atoms with Crippen LogP contribution < -0.4 is 4.90 Å². The molecule has 2 spiro atoms. The molecule has 0 saturated heterocycles. The highest BCUT2D eigenvalue weighted by atomic mass is 32.2. The highest BCUT2D eigenvalue weighted by Gasteiger charge is 2.52. The lowest BCUT2D eigenvalue weighted by atomic mass is 9.67. The average molecular weight is 938 g/mol. The minimum atomic E-state index is -0.510. The van der Waals surface area contributed by atoms with E-state index in [1.165, 1.54) is 109 Å². The molecule has 332 valence electrons. The Kier molecular flexibility index (Phi) is 9.03. The molecule has 0 bridgehead atoms. The third kappa shape index (κ3) is 5.73. The molecule has 2 aliphatic carbocycles. The zero-order valence-electron chi connectivity index (χ0n) is 38.6. The lowest BCUT2D eigenvalue weighted by molar-refractivity contribution is 0.722. The van der Waals surface area contributed by atoms with Gasteiger partial charge in [0.1, 0.15) is 0 Å². The molecule has 0 atom stereocenters. The van der Waals surface area contributed by atoms with Gasteiger partial charge in [-0.15, -0.1) is 0 Å². The van der Waals surface area contributed by atoms with Gasteiger partial charge in [0.15, 0.2) is 0 Å². The van der Waals surface area contributed by atoms with Crippen molar-refractivity contribution in [2.24, 2.45) is 0 Å². The Balaban J connectivity index is 0.984. The Morgan fingerprint density at radius 3 is 1.18 bits per heavy atom. The van der Waals surface area contributed by atoms with Gasteiger partial charge in [-0.05, 0) is 138 Å². The molecule has 0 aromatic heterocycles. The lowest BCUT2D eigenvalue weighted by Crippen LogP contribution is -2.32. The highest BCUT2D eigenvalue weighted by Crippen LogP contribution is 2.66. The Bertz CT molecular complexity index is 3860. The first-order chi connectivity index (χ1) is 35.2. The molecule has 3 heteroatoms. The number of fused-ring (bicyclic) bond motifs is 18. The van der Waals surface area contributed by atoms with Gasteiger partial charge in [-0.1, -0.05) is 230 Å². The molecule has 0 unspecified atom stereocenters. The van der Waals surface area contributed by atoms with E-state index in [1.807, 2.05) is 23.5 Å². The van der Waals surface area contributed by atoms with E-state index in [1.54, 1.807) is 0 Å². The molecule has 71 heavy (non-hydrogen) atoms. The summed E-state index contributed by atoms with van der Waals surface area (Å²) in [6.07, 6.45) is 0. The molecule has 15 rings (SSSR count). The van der Waals surface area contributed by atoms with Crippen LogP contribution in [0.5, 0.6) is 0 Å². The van der Waals surface area contributed by atoms with Crippen LogP contribution in [0.4, 0.5) is 17.1 Å². The molecule has 0 radical (unpaired) electrons. The molecule has 2 heterocycles. The Labute approximate surface area is 423 Å². The first kappa shape index (κ1) is 40.8. The highest BCUT2D eigenvalue weighted by molar-refractivity contribution is 7.99. The van der Waals surface area contributed by atoms with Gasteiger partial charge in [-0.3, -0.25) is 0 Å². The molecule has 2 aliphatic heterocycles. The second-order valence-corrected chi connectivity index (χ2v) is 21.2. The number of rotatable bonds is 5. The van der Waals surface area contributed by atoms with Crippen LogP contribution in [0.25, 0.3) is 44.5 Å². The van der Waals surface area contributed by atoms with E-state index in [-0.39, 0.29) is 0 Å². The summed E-state index contributed by atoms with van der Waals surface area (Å²) < 4.78 is 0. The van der Waals surface area contributed by atoms with Gasteiger partial charge in [0.2, 0.25) is 0 Å². The summed E-state index contributed by atoms with van der Waals surface area (Å²) >= 11 is 3.78. The molecule has 4 aliphatic rings. The molecule has 11 aromatic rings. The zero-order chi connectivity index (χ0) is 46.7. The van der Waals surface area contributed by atoms with Gasteiger partial charge in [-0.25, -0.2) is 0 Å². The number of hydrogen-bond acceptors (Lipinski definition) is 3. The summed E-state index contributed by atoms with van der Waals surface area (Å²) in [5, 5.41) is 0. The zero-order valence-corrected chi connectivity index (χ0v) is 40.2. The van der Waals surface area contributed by atoms with Crippen molar-refractivity contribution in [1.82, 2.24) is 0 Å². The van der Waals surface area contributed by atoms with Crippen LogP contribution in [0.15, 0.2) is 280 Å². The Morgan fingerprint density at radius 2 is 0.634 bits per heavy atom. The van der Waals surface area contributed by atoms with Crippen molar-refractivity contribution in [2.45, 2.75) is 30.4 Å². The molecular weight excluding hydrogens is 895 g/mol. The number of benzene rings is 11. The molecular formula is C68H43NS2. The summed E-state index contributed by atoms with van der Waals surface area (Å²) in [5.74, 6) is 0. The van der Waals surface area contributed by atoms with E-state index < -0.39 is 10.8 Å². The van der Waals surface area contributed by atoms with Gasteiger partial charge >= 0.3 is 0 Å². The number of hydrogen-bond donors (Lipinski definition) is 0. The van der Waals surface area contributed by atoms with Gasteiger partial charge in [0, 0.05) is 36.5 Å². The second kappa shape index (κ2) is 15.7. The van der Waals surface area contributed by atoms with Crippen LogP contribution in [0.1, 0.15) is 44.5 Å².